The van der Waals surface area contributed by atoms with E-state index < -0.39 is 36.8 Å². The average molecular weight is 299 g/mol. The Balaban J connectivity index is 5.29. The summed E-state index contributed by atoms with van der Waals surface area (Å²) in [5.41, 5.74) is 0. The molecule has 0 rings (SSSR count). The third kappa shape index (κ3) is 5.28. The van der Waals surface area contributed by atoms with Gasteiger partial charge in [-0.05, 0) is 11.8 Å². The van der Waals surface area contributed by atoms with E-state index >= 15 is 0 Å². The summed E-state index contributed by atoms with van der Waals surface area (Å²) in [6.45, 7) is 5.85. The van der Waals surface area contributed by atoms with Gasteiger partial charge in [-0.3, -0.25) is 10.1 Å². The number of carbonyl (C=O) groups excluding carboxylic acids is 1. The molecule has 0 unspecified atom stereocenters. The number of nitrogens with one attached hydrogen (secondary N) is 1. The first-order valence-electron chi connectivity index (χ1n) is 6.57. The van der Waals surface area contributed by atoms with Crippen LogP contribution in [0.4, 0.5) is 13.2 Å². The van der Waals surface area contributed by atoms with Crippen LogP contribution in [-0.4, -0.2) is 43.1 Å². The number of methoxy groups -OCH3 is 1. The zero-order valence-corrected chi connectivity index (χ0v) is 12.5. The molecule has 0 heterocycles. The fourth-order valence-electron chi connectivity index (χ4n) is 2.02. The Labute approximate surface area is 117 Å². The number of hydrogen-bond donors (Lipinski definition) is 2. The van der Waals surface area contributed by atoms with Gasteiger partial charge in [0.25, 0.3) is 0 Å². The van der Waals surface area contributed by atoms with Gasteiger partial charge in [-0.1, -0.05) is 27.7 Å². The number of alkyl halides is 3. The van der Waals surface area contributed by atoms with Crippen molar-refractivity contribution in [1.29, 1.82) is 0 Å². The van der Waals surface area contributed by atoms with E-state index in [2.05, 4.69) is 10.1 Å². The van der Waals surface area contributed by atoms with E-state index in [1.54, 1.807) is 27.7 Å². The fraction of sp³-hybridized carbons (Fsp3) is 0.923. The zero-order valence-electron chi connectivity index (χ0n) is 12.5. The SMILES string of the molecule is COC(=O)[C@@H](N[C@H]([C@H](CO)C(C)C)C(F)(F)F)C(C)C. The van der Waals surface area contributed by atoms with Gasteiger partial charge in [0.05, 0.1) is 7.11 Å². The summed E-state index contributed by atoms with van der Waals surface area (Å²) in [5, 5.41) is 11.5. The van der Waals surface area contributed by atoms with Crippen molar-refractivity contribution in [2.75, 3.05) is 13.7 Å². The van der Waals surface area contributed by atoms with E-state index in [0.717, 1.165) is 7.11 Å². The molecule has 0 aromatic carbocycles. The Kier molecular flexibility index (Phi) is 7.51. The molecular formula is C13H24F3NO3. The number of aliphatic hydroxyl groups is 1. The summed E-state index contributed by atoms with van der Waals surface area (Å²) in [7, 11) is 1.13. The largest absolute Gasteiger partial charge is 0.468 e. The summed E-state index contributed by atoms with van der Waals surface area (Å²) in [4.78, 5) is 11.6. The molecule has 7 heteroatoms. The van der Waals surface area contributed by atoms with Crippen LogP contribution < -0.4 is 5.32 Å². The molecule has 20 heavy (non-hydrogen) atoms. The highest BCUT2D eigenvalue weighted by molar-refractivity contribution is 5.76. The van der Waals surface area contributed by atoms with Crippen LogP contribution in [0.15, 0.2) is 0 Å². The highest BCUT2D eigenvalue weighted by Gasteiger charge is 2.47. The maximum Gasteiger partial charge on any atom is 0.404 e. The van der Waals surface area contributed by atoms with E-state index in [1.165, 1.54) is 0 Å². The molecule has 2 N–H and O–H groups in total. The van der Waals surface area contributed by atoms with Gasteiger partial charge in [0.15, 0.2) is 0 Å². The maximum absolute atomic E-state index is 13.2. The average Bonchev–Trinajstić information content (AvgIpc) is 2.30. The van der Waals surface area contributed by atoms with Crippen molar-refractivity contribution in [3.05, 3.63) is 0 Å². The van der Waals surface area contributed by atoms with Gasteiger partial charge in [-0.2, -0.15) is 13.2 Å². The standard InChI is InChI=1S/C13H24F3NO3/c1-7(2)9(6-18)11(13(14,15)16)17-10(8(3)4)12(19)20-5/h7-11,17-18H,6H2,1-5H3/t9-,10+,11-/m1/s1. The van der Waals surface area contributed by atoms with Gasteiger partial charge in [0.2, 0.25) is 0 Å². The Hall–Kier alpha value is -0.820. The molecule has 0 aromatic rings. The molecule has 0 saturated carbocycles. The molecule has 0 saturated heterocycles. The van der Waals surface area contributed by atoms with Crippen LogP contribution >= 0.6 is 0 Å². The second-order valence-corrected chi connectivity index (χ2v) is 5.52. The summed E-state index contributed by atoms with van der Waals surface area (Å²) in [5.74, 6) is -2.51. The zero-order chi connectivity index (χ0) is 16.1. The molecule has 0 amide bonds. The number of carbonyl (C=O) groups is 1. The summed E-state index contributed by atoms with van der Waals surface area (Å²) in [6.07, 6.45) is -4.56. The van der Waals surface area contributed by atoms with Crippen molar-refractivity contribution in [1.82, 2.24) is 5.32 Å². The van der Waals surface area contributed by atoms with Gasteiger partial charge in [0, 0.05) is 12.5 Å². The van der Waals surface area contributed by atoms with Gasteiger partial charge in [-0.15, -0.1) is 0 Å². The Bertz CT molecular complexity index is 306. The highest BCUT2D eigenvalue weighted by atomic mass is 19.4. The van der Waals surface area contributed by atoms with Crippen molar-refractivity contribution < 1.29 is 27.8 Å². The third-order valence-corrected chi connectivity index (χ3v) is 3.33. The molecular weight excluding hydrogens is 275 g/mol. The first-order chi connectivity index (χ1) is 9.06. The normalized spacial score (nSPS) is 17.1. The first kappa shape index (κ1) is 19.2. The minimum Gasteiger partial charge on any atom is -0.468 e. The minimum atomic E-state index is -4.56. The van der Waals surface area contributed by atoms with Crippen molar-refractivity contribution in [2.45, 2.75) is 46.0 Å². The third-order valence-electron chi connectivity index (χ3n) is 3.33. The monoisotopic (exact) mass is 299 g/mol. The Morgan fingerprint density at radius 1 is 1.20 bits per heavy atom. The summed E-state index contributed by atoms with van der Waals surface area (Å²) < 4.78 is 44.1. The van der Waals surface area contributed by atoms with Gasteiger partial charge < -0.3 is 9.84 Å². The van der Waals surface area contributed by atoms with Crippen LogP contribution in [0.25, 0.3) is 0 Å². The number of aliphatic hydroxyl groups excluding tert-OH is 1. The molecule has 0 aliphatic carbocycles. The van der Waals surface area contributed by atoms with Gasteiger partial charge >= 0.3 is 12.1 Å². The lowest BCUT2D eigenvalue weighted by Gasteiger charge is -2.34. The number of hydrogen-bond acceptors (Lipinski definition) is 4. The molecule has 0 aromatic heterocycles. The second-order valence-electron chi connectivity index (χ2n) is 5.52. The van der Waals surface area contributed by atoms with Crippen molar-refractivity contribution in [2.24, 2.45) is 17.8 Å². The molecule has 120 valence electrons. The second kappa shape index (κ2) is 7.83. The van der Waals surface area contributed by atoms with Crippen molar-refractivity contribution >= 4 is 5.97 Å². The molecule has 4 nitrogen and oxygen atoms in total. The molecule has 0 aliphatic heterocycles. The van der Waals surface area contributed by atoms with Crippen LogP contribution in [0.2, 0.25) is 0 Å². The Morgan fingerprint density at radius 2 is 1.70 bits per heavy atom. The van der Waals surface area contributed by atoms with Gasteiger partial charge in [0.1, 0.15) is 12.1 Å². The van der Waals surface area contributed by atoms with Crippen molar-refractivity contribution in [3.63, 3.8) is 0 Å². The molecule has 0 bridgehead atoms. The molecule has 0 radical (unpaired) electrons. The van der Waals surface area contributed by atoms with Crippen LogP contribution in [-0.2, 0) is 9.53 Å². The van der Waals surface area contributed by atoms with E-state index in [1.807, 2.05) is 0 Å². The van der Waals surface area contributed by atoms with E-state index in [0.29, 0.717) is 0 Å². The minimum absolute atomic E-state index is 0.362. The molecule has 0 aliphatic rings. The lowest BCUT2D eigenvalue weighted by molar-refractivity contribution is -0.180. The van der Waals surface area contributed by atoms with Crippen LogP contribution in [0.1, 0.15) is 27.7 Å². The predicted molar refractivity (Wildman–Crippen MR) is 69.0 cm³/mol. The number of ether oxygens (including phenoxy) is 1. The number of esters is 1. The Morgan fingerprint density at radius 3 is 1.95 bits per heavy atom. The maximum atomic E-state index is 13.2. The predicted octanol–water partition coefficient (Wildman–Crippen LogP) is 1.97. The highest BCUT2D eigenvalue weighted by Crippen LogP contribution is 2.30. The quantitative estimate of drug-likeness (QED) is 0.706. The van der Waals surface area contributed by atoms with E-state index in [-0.39, 0.29) is 11.8 Å². The van der Waals surface area contributed by atoms with Crippen LogP contribution in [0.3, 0.4) is 0 Å². The number of rotatable bonds is 7. The topological polar surface area (TPSA) is 58.6 Å². The molecule has 0 fully saturated rings. The lowest BCUT2D eigenvalue weighted by atomic mass is 9.87. The summed E-state index contributed by atoms with van der Waals surface area (Å²) in [6, 6.07) is -3.03. The lowest BCUT2D eigenvalue weighted by Crippen LogP contribution is -2.57. The molecule has 0 spiro atoms. The first-order valence-corrected chi connectivity index (χ1v) is 6.57. The number of halogens is 3. The van der Waals surface area contributed by atoms with E-state index in [4.69, 9.17) is 0 Å². The molecule has 3 atom stereocenters. The van der Waals surface area contributed by atoms with Crippen molar-refractivity contribution in [3.8, 4) is 0 Å². The van der Waals surface area contributed by atoms with Gasteiger partial charge in [-0.25, -0.2) is 0 Å². The van der Waals surface area contributed by atoms with Crippen LogP contribution in [0, 0.1) is 17.8 Å². The fourth-order valence-corrected chi connectivity index (χ4v) is 2.02. The smallest absolute Gasteiger partial charge is 0.404 e. The van der Waals surface area contributed by atoms with E-state index in [9.17, 15) is 23.1 Å². The summed E-state index contributed by atoms with van der Waals surface area (Å²) >= 11 is 0. The van der Waals surface area contributed by atoms with Crippen LogP contribution in [0.5, 0.6) is 0 Å².